The van der Waals surface area contributed by atoms with Crippen molar-refractivity contribution in [1.82, 2.24) is 9.97 Å². The van der Waals surface area contributed by atoms with Gasteiger partial charge in [0.05, 0.1) is 7.11 Å². The summed E-state index contributed by atoms with van der Waals surface area (Å²) in [6, 6.07) is 1.81. The van der Waals surface area contributed by atoms with Gasteiger partial charge >= 0.3 is 0 Å². The predicted molar refractivity (Wildman–Crippen MR) is 73.9 cm³/mol. The van der Waals surface area contributed by atoms with Gasteiger partial charge in [0.2, 0.25) is 5.88 Å². The van der Waals surface area contributed by atoms with Gasteiger partial charge in [0.15, 0.2) is 0 Å². The number of nitrogens with one attached hydrogen (secondary N) is 1. The maximum absolute atomic E-state index is 5.88. The molecule has 0 aliphatic rings. The summed E-state index contributed by atoms with van der Waals surface area (Å²) in [6.45, 7) is 7.68. The van der Waals surface area contributed by atoms with Gasteiger partial charge in [-0.2, -0.15) is 4.98 Å². The van der Waals surface area contributed by atoms with E-state index in [1.54, 1.807) is 13.2 Å². The first-order valence-corrected chi connectivity index (χ1v) is 6.42. The van der Waals surface area contributed by atoms with Crippen molar-refractivity contribution in [1.29, 1.82) is 0 Å². The maximum atomic E-state index is 5.88. The van der Waals surface area contributed by atoms with E-state index in [4.69, 9.17) is 10.5 Å². The molecule has 0 spiro atoms. The zero-order chi connectivity index (χ0) is 13.6. The standard InChI is InChI=1S/C13H24N4O/c1-5-13(6-2,8-14)9-15-11-7-12(18-4)17-10(3)16-11/h7H,5-6,8-9,14H2,1-4H3,(H,15,16,17). The summed E-state index contributed by atoms with van der Waals surface area (Å²) in [6.07, 6.45) is 2.10. The van der Waals surface area contributed by atoms with E-state index < -0.39 is 0 Å². The molecule has 0 saturated heterocycles. The molecule has 0 bridgehead atoms. The SMILES string of the molecule is CCC(CC)(CN)CNc1cc(OC)nc(C)n1. The number of ether oxygens (including phenoxy) is 1. The van der Waals surface area contributed by atoms with Gasteiger partial charge in [-0.05, 0) is 31.7 Å². The molecule has 0 aliphatic carbocycles. The second-order valence-corrected chi connectivity index (χ2v) is 4.61. The summed E-state index contributed by atoms with van der Waals surface area (Å²) in [7, 11) is 1.60. The first-order chi connectivity index (χ1) is 8.59. The van der Waals surface area contributed by atoms with E-state index in [9.17, 15) is 0 Å². The number of hydrogen-bond acceptors (Lipinski definition) is 5. The Morgan fingerprint density at radius 1 is 1.33 bits per heavy atom. The van der Waals surface area contributed by atoms with Crippen molar-refractivity contribution in [3.8, 4) is 5.88 Å². The molecule has 0 aromatic carbocycles. The lowest BCUT2D eigenvalue weighted by Gasteiger charge is -2.30. The minimum absolute atomic E-state index is 0.131. The maximum Gasteiger partial charge on any atom is 0.218 e. The number of nitrogens with two attached hydrogens (primary N) is 1. The molecule has 0 fully saturated rings. The van der Waals surface area contributed by atoms with Crippen LogP contribution in [-0.4, -0.2) is 30.2 Å². The lowest BCUT2D eigenvalue weighted by molar-refractivity contribution is 0.294. The molecular formula is C13H24N4O. The lowest BCUT2D eigenvalue weighted by Crippen LogP contribution is -2.36. The van der Waals surface area contributed by atoms with Crippen molar-refractivity contribution in [3.05, 3.63) is 11.9 Å². The number of hydrogen-bond donors (Lipinski definition) is 2. The molecular weight excluding hydrogens is 228 g/mol. The Kier molecular flexibility index (Phi) is 5.34. The van der Waals surface area contributed by atoms with Crippen molar-refractivity contribution >= 4 is 5.82 Å². The van der Waals surface area contributed by atoms with Crippen LogP contribution in [0.25, 0.3) is 0 Å². The minimum atomic E-state index is 0.131. The Balaban J connectivity index is 2.76. The third-order valence-electron chi connectivity index (χ3n) is 3.60. The van der Waals surface area contributed by atoms with E-state index >= 15 is 0 Å². The largest absolute Gasteiger partial charge is 0.481 e. The van der Waals surface area contributed by atoms with E-state index in [-0.39, 0.29) is 5.41 Å². The average Bonchev–Trinajstić information content (AvgIpc) is 2.40. The van der Waals surface area contributed by atoms with Crippen molar-refractivity contribution in [3.63, 3.8) is 0 Å². The van der Waals surface area contributed by atoms with Gasteiger partial charge in [0, 0.05) is 12.6 Å². The predicted octanol–water partition coefficient (Wildman–Crippen LogP) is 1.97. The molecule has 5 heteroatoms. The minimum Gasteiger partial charge on any atom is -0.481 e. The van der Waals surface area contributed by atoms with Gasteiger partial charge in [-0.1, -0.05) is 13.8 Å². The Morgan fingerprint density at radius 2 is 2.00 bits per heavy atom. The Hall–Kier alpha value is -1.36. The zero-order valence-corrected chi connectivity index (χ0v) is 11.8. The quantitative estimate of drug-likeness (QED) is 0.776. The van der Waals surface area contributed by atoms with E-state index in [1.165, 1.54) is 0 Å². The Morgan fingerprint density at radius 3 is 2.50 bits per heavy atom. The van der Waals surface area contributed by atoms with Gasteiger partial charge in [-0.15, -0.1) is 0 Å². The highest BCUT2D eigenvalue weighted by Gasteiger charge is 2.24. The highest BCUT2D eigenvalue weighted by molar-refractivity contribution is 5.38. The molecule has 5 nitrogen and oxygen atoms in total. The van der Waals surface area contributed by atoms with Crippen LogP contribution in [0.2, 0.25) is 0 Å². The fourth-order valence-corrected chi connectivity index (χ4v) is 1.87. The number of aryl methyl sites for hydroxylation is 1. The van der Waals surface area contributed by atoms with Crippen molar-refractivity contribution in [2.24, 2.45) is 11.1 Å². The summed E-state index contributed by atoms with van der Waals surface area (Å²) in [4.78, 5) is 8.50. The summed E-state index contributed by atoms with van der Waals surface area (Å²) in [5, 5.41) is 3.34. The van der Waals surface area contributed by atoms with E-state index in [1.807, 2.05) is 6.92 Å². The highest BCUT2D eigenvalue weighted by Crippen LogP contribution is 2.25. The van der Waals surface area contributed by atoms with Crippen LogP contribution in [0.3, 0.4) is 0 Å². The van der Waals surface area contributed by atoms with Crippen molar-refractivity contribution < 1.29 is 4.74 Å². The number of anilines is 1. The van der Waals surface area contributed by atoms with Gasteiger partial charge in [0.25, 0.3) is 0 Å². The molecule has 18 heavy (non-hydrogen) atoms. The van der Waals surface area contributed by atoms with E-state index in [0.717, 1.165) is 25.2 Å². The number of methoxy groups -OCH3 is 1. The van der Waals surface area contributed by atoms with Gasteiger partial charge in [0.1, 0.15) is 11.6 Å². The van der Waals surface area contributed by atoms with Crippen LogP contribution >= 0.6 is 0 Å². The second-order valence-electron chi connectivity index (χ2n) is 4.61. The highest BCUT2D eigenvalue weighted by atomic mass is 16.5. The lowest BCUT2D eigenvalue weighted by atomic mass is 9.82. The summed E-state index contributed by atoms with van der Waals surface area (Å²) < 4.78 is 5.13. The fraction of sp³-hybridized carbons (Fsp3) is 0.692. The van der Waals surface area contributed by atoms with Crippen molar-refractivity contribution in [2.75, 3.05) is 25.5 Å². The number of rotatable bonds is 7. The van der Waals surface area contributed by atoms with Crippen LogP contribution in [0.1, 0.15) is 32.5 Å². The molecule has 1 aromatic heterocycles. The van der Waals surface area contributed by atoms with Gasteiger partial charge in [-0.3, -0.25) is 0 Å². The fourth-order valence-electron chi connectivity index (χ4n) is 1.87. The third-order valence-corrected chi connectivity index (χ3v) is 3.60. The monoisotopic (exact) mass is 252 g/mol. The summed E-state index contributed by atoms with van der Waals surface area (Å²) in [5.74, 6) is 2.07. The van der Waals surface area contributed by atoms with E-state index in [2.05, 4.69) is 29.1 Å². The van der Waals surface area contributed by atoms with Crippen LogP contribution in [0, 0.1) is 12.3 Å². The molecule has 0 radical (unpaired) electrons. The number of nitrogens with zero attached hydrogens (tertiary/aromatic N) is 2. The van der Waals surface area contributed by atoms with Gasteiger partial charge < -0.3 is 15.8 Å². The Labute approximate surface area is 109 Å². The number of aromatic nitrogens is 2. The molecule has 0 amide bonds. The zero-order valence-electron chi connectivity index (χ0n) is 11.8. The molecule has 0 atom stereocenters. The normalized spacial score (nSPS) is 11.4. The first kappa shape index (κ1) is 14.7. The van der Waals surface area contributed by atoms with Crippen LogP contribution < -0.4 is 15.8 Å². The third kappa shape index (κ3) is 3.57. The molecule has 1 rings (SSSR count). The van der Waals surface area contributed by atoms with Crippen LogP contribution in [-0.2, 0) is 0 Å². The van der Waals surface area contributed by atoms with Crippen LogP contribution in [0.15, 0.2) is 6.07 Å². The smallest absolute Gasteiger partial charge is 0.218 e. The molecule has 0 aliphatic heterocycles. The Bertz CT molecular complexity index is 369. The average molecular weight is 252 g/mol. The molecule has 0 unspecified atom stereocenters. The molecule has 1 aromatic rings. The van der Waals surface area contributed by atoms with E-state index in [0.29, 0.717) is 18.2 Å². The van der Waals surface area contributed by atoms with Crippen LogP contribution in [0.5, 0.6) is 5.88 Å². The molecule has 102 valence electrons. The summed E-state index contributed by atoms with van der Waals surface area (Å²) in [5.41, 5.74) is 6.01. The first-order valence-electron chi connectivity index (χ1n) is 6.42. The van der Waals surface area contributed by atoms with Gasteiger partial charge in [-0.25, -0.2) is 4.98 Å². The summed E-state index contributed by atoms with van der Waals surface area (Å²) >= 11 is 0. The molecule has 1 heterocycles. The molecule has 0 saturated carbocycles. The van der Waals surface area contributed by atoms with Crippen molar-refractivity contribution in [2.45, 2.75) is 33.6 Å². The second kappa shape index (κ2) is 6.54. The molecule has 3 N–H and O–H groups in total. The topological polar surface area (TPSA) is 73.1 Å². The van der Waals surface area contributed by atoms with Crippen LogP contribution in [0.4, 0.5) is 5.82 Å².